The SMILES string of the molecule is Oc1c(Br)ccc2c(N3CCOCC3)ccnc12. The molecule has 0 aliphatic carbocycles. The highest BCUT2D eigenvalue weighted by atomic mass is 79.9. The van der Waals surface area contributed by atoms with Crippen molar-refractivity contribution in [3.05, 3.63) is 28.9 Å². The van der Waals surface area contributed by atoms with E-state index in [0.29, 0.717) is 9.99 Å². The van der Waals surface area contributed by atoms with Crippen LogP contribution in [0.1, 0.15) is 0 Å². The van der Waals surface area contributed by atoms with Crippen LogP contribution in [-0.4, -0.2) is 36.4 Å². The second kappa shape index (κ2) is 4.74. The third kappa shape index (κ3) is 1.93. The maximum Gasteiger partial charge on any atom is 0.156 e. The standard InChI is InChI=1S/C13H13BrN2O2/c14-10-2-1-9-11(16-5-7-18-8-6-16)3-4-15-12(9)13(10)17/h1-4,17H,5-8H2. The van der Waals surface area contributed by atoms with Gasteiger partial charge in [-0.05, 0) is 34.1 Å². The number of hydrogen-bond acceptors (Lipinski definition) is 4. The number of nitrogens with zero attached hydrogens (tertiary/aromatic N) is 2. The molecule has 1 saturated heterocycles. The van der Waals surface area contributed by atoms with E-state index in [2.05, 4.69) is 25.8 Å². The summed E-state index contributed by atoms with van der Waals surface area (Å²) in [6, 6.07) is 5.82. The van der Waals surface area contributed by atoms with Crippen LogP contribution in [0, 0.1) is 0 Å². The fourth-order valence-electron chi connectivity index (χ4n) is 2.24. The maximum atomic E-state index is 10.0. The van der Waals surface area contributed by atoms with Crippen LogP contribution in [0.3, 0.4) is 0 Å². The van der Waals surface area contributed by atoms with Crippen molar-refractivity contribution in [1.82, 2.24) is 4.98 Å². The Labute approximate surface area is 113 Å². The van der Waals surface area contributed by atoms with Crippen molar-refractivity contribution in [3.8, 4) is 5.75 Å². The molecular weight excluding hydrogens is 296 g/mol. The number of aromatic nitrogens is 1. The first-order valence-electron chi connectivity index (χ1n) is 5.86. The van der Waals surface area contributed by atoms with Gasteiger partial charge in [-0.1, -0.05) is 0 Å². The average Bonchev–Trinajstić information content (AvgIpc) is 2.43. The molecule has 0 unspecified atom stereocenters. The lowest BCUT2D eigenvalue weighted by molar-refractivity contribution is 0.123. The number of ether oxygens (including phenoxy) is 1. The highest BCUT2D eigenvalue weighted by molar-refractivity contribution is 9.10. The first-order valence-corrected chi connectivity index (χ1v) is 6.65. The van der Waals surface area contributed by atoms with Gasteiger partial charge in [0.15, 0.2) is 5.75 Å². The van der Waals surface area contributed by atoms with Crippen molar-refractivity contribution in [1.29, 1.82) is 0 Å². The fraction of sp³-hybridized carbons (Fsp3) is 0.308. The molecule has 1 aliphatic rings. The lowest BCUT2D eigenvalue weighted by Gasteiger charge is -2.29. The number of pyridine rings is 1. The molecule has 1 N–H and O–H groups in total. The summed E-state index contributed by atoms with van der Waals surface area (Å²) in [5.41, 5.74) is 1.74. The zero-order chi connectivity index (χ0) is 12.5. The number of rotatable bonds is 1. The number of hydrogen-bond donors (Lipinski definition) is 1. The Hall–Kier alpha value is -1.33. The summed E-state index contributed by atoms with van der Waals surface area (Å²) < 4.78 is 6.03. The van der Waals surface area contributed by atoms with Crippen molar-refractivity contribution in [2.45, 2.75) is 0 Å². The first-order chi connectivity index (χ1) is 8.77. The van der Waals surface area contributed by atoms with E-state index >= 15 is 0 Å². The minimum atomic E-state index is 0.197. The van der Waals surface area contributed by atoms with Crippen LogP contribution in [0.4, 0.5) is 5.69 Å². The summed E-state index contributed by atoms with van der Waals surface area (Å²) >= 11 is 3.31. The number of anilines is 1. The Kier molecular flexibility index (Phi) is 3.09. The number of phenolic OH excluding ortho intramolecular Hbond substituents is 1. The molecule has 94 valence electrons. The summed E-state index contributed by atoms with van der Waals surface area (Å²) in [5.74, 6) is 0.197. The lowest BCUT2D eigenvalue weighted by atomic mass is 10.1. The van der Waals surface area contributed by atoms with Gasteiger partial charge in [-0.25, -0.2) is 0 Å². The molecule has 5 heteroatoms. The number of benzene rings is 1. The van der Waals surface area contributed by atoms with Gasteiger partial charge in [-0.15, -0.1) is 0 Å². The molecule has 4 nitrogen and oxygen atoms in total. The fourth-order valence-corrected chi connectivity index (χ4v) is 2.56. The van der Waals surface area contributed by atoms with Gasteiger partial charge in [-0.2, -0.15) is 0 Å². The number of morpholine rings is 1. The quantitative estimate of drug-likeness (QED) is 0.879. The number of fused-ring (bicyclic) bond motifs is 1. The van der Waals surface area contributed by atoms with Crippen LogP contribution in [0.2, 0.25) is 0 Å². The molecule has 1 aromatic heterocycles. The van der Waals surface area contributed by atoms with Crippen molar-refractivity contribution in [2.24, 2.45) is 0 Å². The molecule has 1 fully saturated rings. The number of aromatic hydroxyl groups is 1. The van der Waals surface area contributed by atoms with Crippen molar-refractivity contribution < 1.29 is 9.84 Å². The molecule has 2 heterocycles. The second-order valence-corrected chi connectivity index (χ2v) is 5.08. The third-order valence-corrected chi connectivity index (χ3v) is 3.81. The second-order valence-electron chi connectivity index (χ2n) is 4.22. The molecule has 1 aliphatic heterocycles. The molecule has 0 saturated carbocycles. The summed E-state index contributed by atoms with van der Waals surface area (Å²) in [5, 5.41) is 11.0. The van der Waals surface area contributed by atoms with Crippen molar-refractivity contribution in [2.75, 3.05) is 31.2 Å². The Morgan fingerprint density at radius 1 is 1.22 bits per heavy atom. The van der Waals surface area contributed by atoms with E-state index in [1.165, 1.54) is 0 Å². The van der Waals surface area contributed by atoms with Crippen LogP contribution in [0.15, 0.2) is 28.9 Å². The molecule has 1 aromatic carbocycles. The van der Waals surface area contributed by atoms with Gasteiger partial charge in [0.25, 0.3) is 0 Å². The van der Waals surface area contributed by atoms with E-state index in [-0.39, 0.29) is 5.75 Å². The van der Waals surface area contributed by atoms with Gasteiger partial charge in [0.2, 0.25) is 0 Å². The minimum absolute atomic E-state index is 0.197. The Morgan fingerprint density at radius 3 is 2.78 bits per heavy atom. The molecular formula is C13H13BrN2O2. The van der Waals surface area contributed by atoms with Gasteiger partial charge in [0.05, 0.1) is 17.7 Å². The van der Waals surface area contributed by atoms with Gasteiger partial charge in [0, 0.05) is 30.4 Å². The van der Waals surface area contributed by atoms with E-state index < -0.39 is 0 Å². The normalized spacial score (nSPS) is 16.2. The lowest BCUT2D eigenvalue weighted by Crippen LogP contribution is -2.36. The Morgan fingerprint density at radius 2 is 2.00 bits per heavy atom. The van der Waals surface area contributed by atoms with Crippen LogP contribution in [0.25, 0.3) is 10.9 Å². The molecule has 0 amide bonds. The predicted octanol–water partition coefficient (Wildman–Crippen LogP) is 2.54. The van der Waals surface area contributed by atoms with Crippen LogP contribution in [-0.2, 0) is 4.74 Å². The minimum Gasteiger partial charge on any atom is -0.505 e. The third-order valence-electron chi connectivity index (χ3n) is 3.17. The topological polar surface area (TPSA) is 45.6 Å². The van der Waals surface area contributed by atoms with E-state index in [4.69, 9.17) is 4.74 Å². The molecule has 0 bridgehead atoms. The van der Waals surface area contributed by atoms with Crippen LogP contribution >= 0.6 is 15.9 Å². The molecule has 3 rings (SSSR count). The zero-order valence-electron chi connectivity index (χ0n) is 9.77. The van der Waals surface area contributed by atoms with E-state index in [0.717, 1.165) is 37.4 Å². The summed E-state index contributed by atoms with van der Waals surface area (Å²) in [4.78, 5) is 6.52. The van der Waals surface area contributed by atoms with Gasteiger partial charge in [0.1, 0.15) is 5.52 Å². The predicted molar refractivity (Wildman–Crippen MR) is 74.1 cm³/mol. The van der Waals surface area contributed by atoms with Crippen molar-refractivity contribution >= 4 is 32.5 Å². The molecule has 0 radical (unpaired) electrons. The number of halogens is 1. The van der Waals surface area contributed by atoms with E-state index in [1.807, 2.05) is 18.2 Å². The molecule has 18 heavy (non-hydrogen) atoms. The summed E-state index contributed by atoms with van der Waals surface area (Å²) in [6.07, 6.45) is 1.74. The van der Waals surface area contributed by atoms with Gasteiger partial charge < -0.3 is 14.7 Å². The Bertz CT molecular complexity index is 582. The van der Waals surface area contributed by atoms with Crippen LogP contribution in [0.5, 0.6) is 5.75 Å². The zero-order valence-corrected chi connectivity index (χ0v) is 11.4. The van der Waals surface area contributed by atoms with Crippen molar-refractivity contribution in [3.63, 3.8) is 0 Å². The first kappa shape index (κ1) is 11.7. The number of phenols is 1. The maximum absolute atomic E-state index is 10.0. The summed E-state index contributed by atoms with van der Waals surface area (Å²) in [6.45, 7) is 3.23. The molecule has 2 aromatic rings. The largest absolute Gasteiger partial charge is 0.505 e. The average molecular weight is 309 g/mol. The molecule has 0 spiro atoms. The van der Waals surface area contributed by atoms with E-state index in [9.17, 15) is 5.11 Å². The monoisotopic (exact) mass is 308 g/mol. The highest BCUT2D eigenvalue weighted by Crippen LogP contribution is 2.35. The highest BCUT2D eigenvalue weighted by Gasteiger charge is 2.16. The van der Waals surface area contributed by atoms with Gasteiger partial charge >= 0.3 is 0 Å². The van der Waals surface area contributed by atoms with Gasteiger partial charge in [-0.3, -0.25) is 4.98 Å². The Balaban J connectivity index is 2.14. The smallest absolute Gasteiger partial charge is 0.156 e. The summed E-state index contributed by atoms with van der Waals surface area (Å²) in [7, 11) is 0. The molecule has 0 atom stereocenters. The van der Waals surface area contributed by atoms with E-state index in [1.54, 1.807) is 6.20 Å². The van der Waals surface area contributed by atoms with Crippen LogP contribution < -0.4 is 4.90 Å².